The van der Waals surface area contributed by atoms with Crippen molar-refractivity contribution in [3.63, 3.8) is 0 Å². The maximum atomic E-state index is 13.7. The molecule has 1 saturated carbocycles. The molecule has 0 radical (unpaired) electrons. The lowest BCUT2D eigenvalue weighted by Crippen LogP contribution is -2.51. The first-order valence-corrected chi connectivity index (χ1v) is 13.8. The number of nitrogens with zero attached hydrogens (tertiary/aromatic N) is 5. The Morgan fingerprint density at radius 1 is 1.13 bits per heavy atom. The van der Waals surface area contributed by atoms with Crippen LogP contribution in [-0.2, 0) is 11.3 Å². The molecule has 9 nitrogen and oxygen atoms in total. The van der Waals surface area contributed by atoms with Gasteiger partial charge >= 0.3 is 0 Å². The van der Waals surface area contributed by atoms with E-state index in [1.807, 2.05) is 31.2 Å². The number of rotatable bonds is 7. The molecule has 2 N–H and O–H groups in total. The number of hydrogen-bond acceptors (Lipinski definition) is 6. The second-order valence-electron chi connectivity index (χ2n) is 13.2. The number of tetrazole rings is 1. The molecular formula is C29H43N7O2. The summed E-state index contributed by atoms with van der Waals surface area (Å²) in [4.78, 5) is 33.5. The van der Waals surface area contributed by atoms with Gasteiger partial charge in [0.25, 0.3) is 11.8 Å². The van der Waals surface area contributed by atoms with Gasteiger partial charge in [0.1, 0.15) is 5.66 Å². The van der Waals surface area contributed by atoms with Crippen molar-refractivity contribution in [3.05, 3.63) is 41.2 Å². The summed E-state index contributed by atoms with van der Waals surface area (Å²) in [7, 11) is 0. The summed E-state index contributed by atoms with van der Waals surface area (Å²) in [5.74, 6) is 0.882. The van der Waals surface area contributed by atoms with Crippen LogP contribution in [0, 0.1) is 16.7 Å². The van der Waals surface area contributed by atoms with Crippen molar-refractivity contribution in [1.82, 2.24) is 30.8 Å². The highest BCUT2D eigenvalue weighted by molar-refractivity contribution is 6.39. The molecule has 9 heteroatoms. The minimum atomic E-state index is -0.480. The number of carbonyl (C=O) groups excluding carboxylic acids is 2. The van der Waals surface area contributed by atoms with E-state index in [9.17, 15) is 9.59 Å². The molecule has 1 aromatic carbocycles. The predicted molar refractivity (Wildman–Crippen MR) is 147 cm³/mol. The summed E-state index contributed by atoms with van der Waals surface area (Å²) in [5, 5.41) is 16.4. The van der Waals surface area contributed by atoms with E-state index >= 15 is 0 Å². The van der Waals surface area contributed by atoms with Crippen LogP contribution >= 0.6 is 0 Å². The summed E-state index contributed by atoms with van der Waals surface area (Å²) in [6, 6.07) is 7.55. The van der Waals surface area contributed by atoms with Gasteiger partial charge in [-0.1, -0.05) is 58.9 Å². The number of aromatic amines is 1. The Hall–Kier alpha value is -3.10. The largest absolute Gasteiger partial charge is 0.345 e. The van der Waals surface area contributed by atoms with Gasteiger partial charge in [0, 0.05) is 5.56 Å². The highest BCUT2D eigenvalue weighted by Gasteiger charge is 2.51. The van der Waals surface area contributed by atoms with Crippen molar-refractivity contribution < 1.29 is 9.59 Å². The predicted octanol–water partition coefficient (Wildman–Crippen LogP) is 5.23. The molecule has 2 aromatic rings. The SMILES string of the molecule is CC1=NC2(CCC(C(C)(C)C)CC2)N([C@H](CCC(C)(C)C)c2ccc(C(=O)NCc3nn[nH]n3)cc2)C1=O. The average molecular weight is 522 g/mol. The molecule has 1 aliphatic heterocycles. The number of aromatic nitrogens is 4. The summed E-state index contributed by atoms with van der Waals surface area (Å²) in [5.41, 5.74) is 2.10. The van der Waals surface area contributed by atoms with Crippen LogP contribution in [-0.4, -0.2) is 48.7 Å². The molecule has 38 heavy (non-hydrogen) atoms. The number of nitrogens with one attached hydrogen (secondary N) is 2. The van der Waals surface area contributed by atoms with Crippen LogP contribution in [0.5, 0.6) is 0 Å². The van der Waals surface area contributed by atoms with Gasteiger partial charge < -0.3 is 10.2 Å². The molecule has 1 aliphatic carbocycles. The second kappa shape index (κ2) is 10.6. The van der Waals surface area contributed by atoms with E-state index in [-0.39, 0.29) is 35.2 Å². The van der Waals surface area contributed by atoms with Crippen LogP contribution in [0.1, 0.15) is 115 Å². The maximum absolute atomic E-state index is 13.7. The first kappa shape index (κ1) is 27.9. The Morgan fingerprint density at radius 2 is 1.79 bits per heavy atom. The van der Waals surface area contributed by atoms with Crippen LogP contribution in [0.25, 0.3) is 0 Å². The third-order valence-corrected chi connectivity index (χ3v) is 8.20. The van der Waals surface area contributed by atoms with Gasteiger partial charge in [-0.2, -0.15) is 5.21 Å². The minimum absolute atomic E-state index is 0.0417. The smallest absolute Gasteiger partial charge is 0.270 e. The van der Waals surface area contributed by atoms with Crippen LogP contribution < -0.4 is 5.32 Å². The first-order valence-electron chi connectivity index (χ1n) is 13.8. The molecule has 2 amide bonds. The molecule has 0 saturated heterocycles. The normalized spacial score (nSPS) is 23.0. The highest BCUT2D eigenvalue weighted by Crippen LogP contribution is 2.49. The average Bonchev–Trinajstić information content (AvgIpc) is 3.45. The van der Waals surface area contributed by atoms with E-state index in [4.69, 9.17) is 4.99 Å². The lowest BCUT2D eigenvalue weighted by Gasteiger charge is -2.48. The molecule has 2 heterocycles. The summed E-state index contributed by atoms with van der Waals surface area (Å²) in [6.45, 7) is 15.7. The monoisotopic (exact) mass is 521 g/mol. The van der Waals surface area contributed by atoms with Crippen molar-refractivity contribution in [2.75, 3.05) is 0 Å². The first-order chi connectivity index (χ1) is 17.8. The third-order valence-electron chi connectivity index (χ3n) is 8.20. The topological polar surface area (TPSA) is 116 Å². The number of hydrogen-bond donors (Lipinski definition) is 2. The van der Waals surface area contributed by atoms with Crippen LogP contribution in [0.4, 0.5) is 0 Å². The molecule has 206 valence electrons. The second-order valence-corrected chi connectivity index (χ2v) is 13.2. The Morgan fingerprint density at radius 3 is 2.34 bits per heavy atom. The van der Waals surface area contributed by atoms with Crippen molar-refractivity contribution in [2.45, 2.75) is 105 Å². The van der Waals surface area contributed by atoms with Gasteiger partial charge in [-0.3, -0.25) is 14.6 Å². The van der Waals surface area contributed by atoms with Crippen LogP contribution in [0.2, 0.25) is 0 Å². The number of benzene rings is 1. The summed E-state index contributed by atoms with van der Waals surface area (Å²) < 4.78 is 0. The molecule has 1 fully saturated rings. The van der Waals surface area contributed by atoms with E-state index in [0.29, 0.717) is 23.0 Å². The number of H-pyrrole nitrogens is 1. The number of carbonyl (C=O) groups is 2. The van der Waals surface area contributed by atoms with Crippen LogP contribution in [0.15, 0.2) is 29.3 Å². The van der Waals surface area contributed by atoms with Gasteiger partial charge in [0.15, 0.2) is 5.82 Å². The Bertz CT molecular complexity index is 1150. The van der Waals surface area contributed by atoms with E-state index in [0.717, 1.165) is 44.1 Å². The van der Waals surface area contributed by atoms with Crippen molar-refractivity contribution in [1.29, 1.82) is 0 Å². The summed E-state index contributed by atoms with van der Waals surface area (Å²) >= 11 is 0. The van der Waals surface area contributed by atoms with Crippen molar-refractivity contribution in [3.8, 4) is 0 Å². The van der Waals surface area contributed by atoms with Gasteiger partial charge in [-0.05, 0) is 79.9 Å². The molecule has 2 aliphatic rings. The van der Waals surface area contributed by atoms with Gasteiger partial charge in [0.05, 0.1) is 18.3 Å². The van der Waals surface area contributed by atoms with Crippen molar-refractivity contribution >= 4 is 17.5 Å². The molecule has 1 atom stereocenters. The molecule has 0 unspecified atom stereocenters. The Balaban J connectivity index is 1.59. The Kier molecular flexibility index (Phi) is 7.77. The van der Waals surface area contributed by atoms with Gasteiger partial charge in [0.2, 0.25) is 0 Å². The van der Waals surface area contributed by atoms with E-state index in [2.05, 4.69) is 72.4 Å². The number of aliphatic imine (C=N–C) groups is 1. The lowest BCUT2D eigenvalue weighted by atomic mass is 9.69. The highest BCUT2D eigenvalue weighted by atomic mass is 16.2. The maximum Gasteiger partial charge on any atom is 0.270 e. The van der Waals surface area contributed by atoms with E-state index < -0.39 is 5.66 Å². The standard InChI is InChI=1S/C29H43N7O2/c1-19-26(38)36(29(31-19)16-12-22(13-17-29)28(5,6)7)23(14-15-27(2,3)4)20-8-10-21(11-9-20)25(37)30-18-24-32-34-35-33-24/h8-11,22-23H,12-18H2,1-7H3,(H,30,37)(H,32,33,34,35)/t22?,23-,29?/m1/s1. The zero-order chi connectivity index (χ0) is 27.7. The minimum Gasteiger partial charge on any atom is -0.345 e. The molecular weight excluding hydrogens is 478 g/mol. The van der Waals surface area contributed by atoms with Crippen molar-refractivity contribution in [2.24, 2.45) is 21.7 Å². The molecule has 4 rings (SSSR count). The lowest BCUT2D eigenvalue weighted by molar-refractivity contribution is -0.134. The fourth-order valence-electron chi connectivity index (χ4n) is 5.90. The fourth-order valence-corrected chi connectivity index (χ4v) is 5.90. The quantitative estimate of drug-likeness (QED) is 0.517. The van der Waals surface area contributed by atoms with E-state index in [1.54, 1.807) is 0 Å². The number of amides is 2. The van der Waals surface area contributed by atoms with Gasteiger partial charge in [-0.25, -0.2) is 0 Å². The zero-order valence-electron chi connectivity index (χ0n) is 24.0. The molecule has 0 bridgehead atoms. The Labute approximate surface area is 226 Å². The fraction of sp³-hybridized carbons (Fsp3) is 0.655. The molecule has 1 spiro atoms. The molecule has 1 aromatic heterocycles. The zero-order valence-corrected chi connectivity index (χ0v) is 24.0. The van der Waals surface area contributed by atoms with E-state index in [1.165, 1.54) is 0 Å². The third kappa shape index (κ3) is 6.13. The van der Waals surface area contributed by atoms with Crippen LogP contribution in [0.3, 0.4) is 0 Å². The van der Waals surface area contributed by atoms with Gasteiger partial charge in [-0.15, -0.1) is 10.2 Å². The summed E-state index contributed by atoms with van der Waals surface area (Å²) in [6.07, 6.45) is 5.71.